The number of aryl methyl sites for hydroxylation is 1. The van der Waals surface area contributed by atoms with Gasteiger partial charge >= 0.3 is 5.97 Å². The number of hydrogen-bond donors (Lipinski definition) is 0. The van der Waals surface area contributed by atoms with Gasteiger partial charge in [0.15, 0.2) is 5.17 Å². The Morgan fingerprint density at radius 2 is 1.84 bits per heavy atom. The van der Waals surface area contributed by atoms with Crippen LogP contribution in [-0.2, 0) is 9.53 Å². The van der Waals surface area contributed by atoms with Crippen LogP contribution in [0.4, 0.5) is 5.69 Å². The van der Waals surface area contributed by atoms with Crippen molar-refractivity contribution >= 4 is 40.6 Å². The predicted molar refractivity (Wildman–Crippen MR) is 152 cm³/mol. The number of amides is 1. The number of hydrogen-bond acceptors (Lipinski definition) is 6. The number of para-hydroxylation sites is 1. The van der Waals surface area contributed by atoms with Crippen molar-refractivity contribution in [2.24, 2.45) is 4.99 Å². The highest BCUT2D eigenvalue weighted by molar-refractivity contribution is 8.18. The summed E-state index contributed by atoms with van der Waals surface area (Å²) in [4.78, 5) is 33.2. The van der Waals surface area contributed by atoms with E-state index >= 15 is 0 Å². The highest BCUT2D eigenvalue weighted by Crippen LogP contribution is 2.39. The molecule has 2 fully saturated rings. The Bertz CT molecular complexity index is 1380. The maximum Gasteiger partial charge on any atom is 0.338 e. The molecule has 1 saturated carbocycles. The molecule has 6 nitrogen and oxygen atoms in total. The smallest absolute Gasteiger partial charge is 0.338 e. The molecule has 38 heavy (non-hydrogen) atoms. The zero-order chi connectivity index (χ0) is 26.6. The number of aliphatic imine (C=N–C) groups is 1. The van der Waals surface area contributed by atoms with Gasteiger partial charge in [0.2, 0.25) is 0 Å². The molecule has 5 rings (SSSR count). The van der Waals surface area contributed by atoms with E-state index in [1.807, 2.05) is 86.3 Å². The molecule has 7 heteroatoms. The molecule has 0 unspecified atom stereocenters. The van der Waals surface area contributed by atoms with Crippen molar-refractivity contribution in [3.63, 3.8) is 0 Å². The zero-order valence-electron chi connectivity index (χ0n) is 22.0. The Hall–Kier alpha value is -3.58. The molecule has 2 heterocycles. The molecule has 2 aliphatic rings. The minimum atomic E-state index is -0.341. The molecule has 1 amide bonds. The summed E-state index contributed by atoms with van der Waals surface area (Å²) in [5.41, 5.74) is 3.14. The standard InChI is InChI=1S/C31H32N2O4S/c1-20(2)36-30(35)22-14-16-26(21(3)18-22)27-17-15-25(37-27)19-28-29(34)33(24-12-8-5-9-13-24)31(38-28)32-23-10-6-4-7-11-23/h4,6-7,10-11,14-20,24H,5,8-9,12-13H2,1-3H3/b28-19+,32-31?. The fourth-order valence-corrected chi connectivity index (χ4v) is 5.93. The van der Waals surface area contributed by atoms with Crippen LogP contribution < -0.4 is 0 Å². The average molecular weight is 529 g/mol. The van der Waals surface area contributed by atoms with Crippen LogP contribution in [-0.4, -0.2) is 34.1 Å². The van der Waals surface area contributed by atoms with Crippen molar-refractivity contribution in [2.75, 3.05) is 0 Å². The topological polar surface area (TPSA) is 72.1 Å². The second kappa shape index (κ2) is 11.4. The second-order valence-electron chi connectivity index (χ2n) is 9.99. The first-order valence-electron chi connectivity index (χ1n) is 13.2. The number of benzene rings is 2. The molecular weight excluding hydrogens is 496 g/mol. The molecule has 1 aliphatic carbocycles. The van der Waals surface area contributed by atoms with Crippen molar-refractivity contribution in [1.82, 2.24) is 4.90 Å². The Morgan fingerprint density at radius 3 is 2.55 bits per heavy atom. The molecule has 1 saturated heterocycles. The maximum atomic E-state index is 13.6. The minimum absolute atomic E-state index is 0.0151. The van der Waals surface area contributed by atoms with Gasteiger partial charge in [-0.3, -0.25) is 9.69 Å². The van der Waals surface area contributed by atoms with E-state index in [0.29, 0.717) is 22.0 Å². The Kier molecular flexibility index (Phi) is 7.84. The monoisotopic (exact) mass is 528 g/mol. The summed E-state index contributed by atoms with van der Waals surface area (Å²) in [6, 6.07) is 19.1. The average Bonchev–Trinajstić information content (AvgIpc) is 3.49. The van der Waals surface area contributed by atoms with Gasteiger partial charge in [-0.1, -0.05) is 43.5 Å². The zero-order valence-corrected chi connectivity index (χ0v) is 22.8. The van der Waals surface area contributed by atoms with Gasteiger partial charge in [0, 0.05) is 17.7 Å². The first-order valence-corrected chi connectivity index (χ1v) is 14.0. The van der Waals surface area contributed by atoms with Crippen LogP contribution >= 0.6 is 11.8 Å². The molecule has 1 aromatic heterocycles. The third-order valence-corrected chi connectivity index (χ3v) is 7.71. The van der Waals surface area contributed by atoms with E-state index in [-0.39, 0.29) is 24.0 Å². The molecule has 1 aliphatic heterocycles. The summed E-state index contributed by atoms with van der Waals surface area (Å²) in [6.07, 6.45) is 7.11. The fourth-order valence-electron chi connectivity index (χ4n) is 4.89. The Morgan fingerprint density at radius 1 is 1.08 bits per heavy atom. The number of thioether (sulfide) groups is 1. The lowest BCUT2D eigenvalue weighted by atomic mass is 9.94. The highest BCUT2D eigenvalue weighted by atomic mass is 32.2. The van der Waals surface area contributed by atoms with Gasteiger partial charge in [0.1, 0.15) is 11.5 Å². The summed E-state index contributed by atoms with van der Waals surface area (Å²) in [6.45, 7) is 5.60. The quantitative estimate of drug-likeness (QED) is 0.241. The summed E-state index contributed by atoms with van der Waals surface area (Å²) < 4.78 is 11.4. The van der Waals surface area contributed by atoms with Gasteiger partial charge in [-0.05, 0) is 87.3 Å². The largest absolute Gasteiger partial charge is 0.459 e. The van der Waals surface area contributed by atoms with Crippen molar-refractivity contribution in [2.45, 2.75) is 65.0 Å². The number of carbonyl (C=O) groups excluding carboxylic acids is 2. The molecule has 0 radical (unpaired) electrons. The normalized spacial score (nSPS) is 18.6. The minimum Gasteiger partial charge on any atom is -0.459 e. The van der Waals surface area contributed by atoms with Crippen LogP contribution in [0.2, 0.25) is 0 Å². The van der Waals surface area contributed by atoms with E-state index in [4.69, 9.17) is 14.1 Å². The third kappa shape index (κ3) is 5.78. The number of amidine groups is 1. The van der Waals surface area contributed by atoms with Crippen molar-refractivity contribution in [3.8, 4) is 11.3 Å². The molecule has 0 bridgehead atoms. The van der Waals surface area contributed by atoms with Gasteiger partial charge in [-0.2, -0.15) is 0 Å². The SMILES string of the molecule is Cc1cc(C(=O)OC(C)C)ccc1-c1ccc(/C=C2/SC(=Nc3ccccc3)N(C3CCCCC3)C2=O)o1. The number of furan rings is 1. The van der Waals surface area contributed by atoms with E-state index in [1.54, 1.807) is 6.07 Å². The van der Waals surface area contributed by atoms with E-state index in [9.17, 15) is 9.59 Å². The molecule has 2 aromatic carbocycles. The first-order chi connectivity index (χ1) is 18.4. The van der Waals surface area contributed by atoms with Crippen LogP contribution in [0.3, 0.4) is 0 Å². The van der Waals surface area contributed by atoms with Crippen molar-refractivity contribution in [1.29, 1.82) is 0 Å². The molecule has 3 aromatic rings. The highest BCUT2D eigenvalue weighted by Gasteiger charge is 2.38. The molecular formula is C31H32N2O4S. The number of nitrogens with zero attached hydrogens (tertiary/aromatic N) is 2. The Balaban J connectivity index is 1.40. The molecule has 0 atom stereocenters. The van der Waals surface area contributed by atoms with Gasteiger partial charge < -0.3 is 9.15 Å². The molecule has 196 valence electrons. The number of ether oxygens (including phenoxy) is 1. The van der Waals surface area contributed by atoms with Crippen LogP contribution in [0, 0.1) is 6.92 Å². The van der Waals surface area contributed by atoms with Crippen LogP contribution in [0.5, 0.6) is 0 Å². The lowest BCUT2D eigenvalue weighted by Gasteiger charge is -2.30. The summed E-state index contributed by atoms with van der Waals surface area (Å²) in [5.74, 6) is 0.921. The van der Waals surface area contributed by atoms with Gasteiger partial charge in [0.25, 0.3) is 5.91 Å². The molecule has 0 spiro atoms. The lowest BCUT2D eigenvalue weighted by Crippen LogP contribution is -2.40. The summed E-state index contributed by atoms with van der Waals surface area (Å²) in [7, 11) is 0. The van der Waals surface area contributed by atoms with E-state index in [1.165, 1.54) is 18.2 Å². The fraction of sp³-hybridized carbons (Fsp3) is 0.323. The van der Waals surface area contributed by atoms with Gasteiger partial charge in [0.05, 0.1) is 22.3 Å². The maximum absolute atomic E-state index is 13.6. The lowest BCUT2D eigenvalue weighted by molar-refractivity contribution is -0.124. The van der Waals surface area contributed by atoms with Crippen LogP contribution in [0.15, 0.2) is 75.0 Å². The van der Waals surface area contributed by atoms with Crippen molar-refractivity contribution < 1.29 is 18.7 Å². The first kappa shape index (κ1) is 26.0. The molecule has 0 N–H and O–H groups in total. The Labute approximate surface area is 227 Å². The van der Waals surface area contributed by atoms with Gasteiger partial charge in [-0.25, -0.2) is 9.79 Å². The number of esters is 1. The van der Waals surface area contributed by atoms with E-state index in [0.717, 1.165) is 47.7 Å². The van der Waals surface area contributed by atoms with Crippen LogP contribution in [0.1, 0.15) is 67.6 Å². The third-order valence-electron chi connectivity index (χ3n) is 6.73. The summed E-state index contributed by atoms with van der Waals surface area (Å²) >= 11 is 1.40. The predicted octanol–water partition coefficient (Wildman–Crippen LogP) is 7.76. The number of carbonyl (C=O) groups is 2. The second-order valence-corrected chi connectivity index (χ2v) is 11.0. The van der Waals surface area contributed by atoms with Crippen molar-refractivity contribution in [3.05, 3.63) is 82.5 Å². The van der Waals surface area contributed by atoms with E-state index in [2.05, 4.69) is 0 Å². The van der Waals surface area contributed by atoms with Crippen LogP contribution in [0.25, 0.3) is 17.4 Å². The summed E-state index contributed by atoms with van der Waals surface area (Å²) in [5, 5.41) is 0.728. The van der Waals surface area contributed by atoms with E-state index < -0.39 is 0 Å². The van der Waals surface area contributed by atoms with Gasteiger partial charge in [-0.15, -0.1) is 0 Å². The number of rotatable bonds is 6.